The Morgan fingerprint density at radius 2 is 1.79 bits per heavy atom. The Morgan fingerprint density at radius 3 is 2.14 bits per heavy atom. The van der Waals surface area contributed by atoms with Crippen molar-refractivity contribution in [3.8, 4) is 0 Å². The van der Waals surface area contributed by atoms with Crippen molar-refractivity contribution < 1.29 is 9.84 Å². The lowest BCUT2D eigenvalue weighted by molar-refractivity contribution is -0.0610. The second kappa shape index (κ2) is 5.38. The quantitative estimate of drug-likeness (QED) is 0.532. The smallest absolute Gasteiger partial charge is 0.107 e. The minimum Gasteiger partial charge on any atom is -0.390 e. The predicted octanol–water partition coefficient (Wildman–Crippen LogP) is 2.86. The molecular weight excluding hydrogens is 196 g/mol. The van der Waals surface area contributed by atoms with Gasteiger partial charge < -0.3 is 9.84 Å². The zero-order valence-corrected chi connectivity index (χ0v) is 10.9. The standard InChI is InChI=1S/C11H24O2S/c1-6-10(4,12)9(3)8-13-11(5,14)7-2/h9,12,14H,6-8H2,1-5H3. The first-order valence-electron chi connectivity index (χ1n) is 5.34. The largest absolute Gasteiger partial charge is 0.390 e. The van der Waals surface area contributed by atoms with Crippen molar-refractivity contribution in [2.75, 3.05) is 6.61 Å². The highest BCUT2D eigenvalue weighted by Crippen LogP contribution is 2.25. The van der Waals surface area contributed by atoms with Crippen LogP contribution in [0.5, 0.6) is 0 Å². The zero-order chi connectivity index (χ0) is 11.4. The summed E-state index contributed by atoms with van der Waals surface area (Å²) in [6.07, 6.45) is 1.60. The molecule has 0 spiro atoms. The van der Waals surface area contributed by atoms with E-state index in [1.807, 2.05) is 34.6 Å². The first-order chi connectivity index (χ1) is 6.25. The highest BCUT2D eigenvalue weighted by atomic mass is 32.1. The fourth-order valence-corrected chi connectivity index (χ4v) is 1.01. The van der Waals surface area contributed by atoms with Crippen LogP contribution in [-0.4, -0.2) is 22.2 Å². The van der Waals surface area contributed by atoms with Gasteiger partial charge in [-0.15, -0.1) is 12.6 Å². The fraction of sp³-hybridized carbons (Fsp3) is 1.00. The lowest BCUT2D eigenvalue weighted by Gasteiger charge is -2.32. The zero-order valence-electron chi connectivity index (χ0n) is 10.0. The molecular formula is C11H24O2S. The molecule has 14 heavy (non-hydrogen) atoms. The van der Waals surface area contributed by atoms with Crippen LogP contribution < -0.4 is 0 Å². The van der Waals surface area contributed by atoms with Crippen molar-refractivity contribution in [3.63, 3.8) is 0 Å². The summed E-state index contributed by atoms with van der Waals surface area (Å²) in [7, 11) is 0. The summed E-state index contributed by atoms with van der Waals surface area (Å²) in [6.45, 7) is 10.4. The van der Waals surface area contributed by atoms with Crippen LogP contribution in [0, 0.1) is 5.92 Å². The average molecular weight is 220 g/mol. The lowest BCUT2D eigenvalue weighted by Crippen LogP contribution is -2.37. The molecule has 0 aromatic rings. The number of hydrogen-bond acceptors (Lipinski definition) is 3. The van der Waals surface area contributed by atoms with Crippen molar-refractivity contribution in [1.82, 2.24) is 0 Å². The van der Waals surface area contributed by atoms with Gasteiger partial charge in [0.05, 0.1) is 12.2 Å². The lowest BCUT2D eigenvalue weighted by atomic mass is 9.89. The molecule has 3 heteroatoms. The monoisotopic (exact) mass is 220 g/mol. The molecule has 1 N–H and O–H groups in total. The van der Waals surface area contributed by atoms with Gasteiger partial charge in [0, 0.05) is 5.92 Å². The van der Waals surface area contributed by atoms with E-state index >= 15 is 0 Å². The summed E-state index contributed by atoms with van der Waals surface area (Å²) in [5, 5.41) is 9.96. The Morgan fingerprint density at radius 1 is 1.29 bits per heavy atom. The summed E-state index contributed by atoms with van der Waals surface area (Å²) in [5.41, 5.74) is -0.641. The van der Waals surface area contributed by atoms with Crippen molar-refractivity contribution in [2.45, 2.75) is 58.0 Å². The van der Waals surface area contributed by atoms with E-state index in [9.17, 15) is 5.11 Å². The van der Waals surface area contributed by atoms with Gasteiger partial charge in [0.1, 0.15) is 4.93 Å². The van der Waals surface area contributed by atoms with Gasteiger partial charge in [0.2, 0.25) is 0 Å². The number of aliphatic hydroxyl groups is 1. The molecule has 0 heterocycles. The molecule has 0 aliphatic rings. The molecule has 0 saturated carbocycles. The van der Waals surface area contributed by atoms with Crippen LogP contribution in [0.15, 0.2) is 0 Å². The average Bonchev–Trinajstić information content (AvgIpc) is 2.14. The number of hydrogen-bond donors (Lipinski definition) is 2. The van der Waals surface area contributed by atoms with Gasteiger partial charge in [-0.3, -0.25) is 0 Å². The van der Waals surface area contributed by atoms with Crippen molar-refractivity contribution in [3.05, 3.63) is 0 Å². The molecule has 0 aromatic carbocycles. The Labute approximate surface area is 93.5 Å². The van der Waals surface area contributed by atoms with Crippen LogP contribution in [0.4, 0.5) is 0 Å². The molecule has 0 aromatic heterocycles. The normalized spacial score (nSPS) is 22.5. The summed E-state index contributed by atoms with van der Waals surface area (Å²) >= 11 is 4.38. The van der Waals surface area contributed by atoms with Crippen LogP contribution in [-0.2, 0) is 4.74 Å². The van der Waals surface area contributed by atoms with E-state index in [-0.39, 0.29) is 10.9 Å². The minimum atomic E-state index is -0.641. The maximum Gasteiger partial charge on any atom is 0.107 e. The highest BCUT2D eigenvalue weighted by Gasteiger charge is 2.28. The number of thiol groups is 1. The van der Waals surface area contributed by atoms with Gasteiger partial charge in [-0.25, -0.2) is 0 Å². The SMILES string of the molecule is CCC(C)(S)OCC(C)C(C)(O)CC. The van der Waals surface area contributed by atoms with E-state index in [2.05, 4.69) is 12.6 Å². The maximum atomic E-state index is 9.96. The minimum absolute atomic E-state index is 0.130. The van der Waals surface area contributed by atoms with Gasteiger partial charge in [0.25, 0.3) is 0 Å². The summed E-state index contributed by atoms with van der Waals surface area (Å²) in [6, 6.07) is 0. The highest BCUT2D eigenvalue weighted by molar-refractivity contribution is 7.81. The van der Waals surface area contributed by atoms with E-state index in [1.165, 1.54) is 0 Å². The molecule has 0 aliphatic carbocycles. The first-order valence-corrected chi connectivity index (χ1v) is 5.78. The third-order valence-corrected chi connectivity index (χ3v) is 3.52. The second-order valence-electron chi connectivity index (χ2n) is 4.45. The van der Waals surface area contributed by atoms with E-state index in [4.69, 9.17) is 4.74 Å². The molecule has 0 aliphatic heterocycles. The summed E-state index contributed by atoms with van der Waals surface area (Å²) in [5.74, 6) is 0.130. The van der Waals surface area contributed by atoms with Crippen LogP contribution >= 0.6 is 12.6 Å². The van der Waals surface area contributed by atoms with Crippen molar-refractivity contribution in [2.24, 2.45) is 5.92 Å². The third-order valence-electron chi connectivity index (χ3n) is 3.08. The Bertz CT molecular complexity index is 167. The van der Waals surface area contributed by atoms with Crippen molar-refractivity contribution in [1.29, 1.82) is 0 Å². The van der Waals surface area contributed by atoms with E-state index in [0.29, 0.717) is 6.61 Å². The van der Waals surface area contributed by atoms with E-state index in [0.717, 1.165) is 12.8 Å². The molecule has 0 saturated heterocycles. The molecule has 0 fully saturated rings. The molecule has 3 unspecified atom stereocenters. The molecule has 0 bridgehead atoms. The number of rotatable bonds is 6. The fourth-order valence-electron chi connectivity index (χ4n) is 0.935. The topological polar surface area (TPSA) is 29.5 Å². The molecule has 0 radical (unpaired) electrons. The van der Waals surface area contributed by atoms with E-state index < -0.39 is 5.60 Å². The number of ether oxygens (including phenoxy) is 1. The first kappa shape index (κ1) is 14.3. The van der Waals surface area contributed by atoms with Crippen LogP contribution in [0.3, 0.4) is 0 Å². The van der Waals surface area contributed by atoms with Gasteiger partial charge >= 0.3 is 0 Å². The second-order valence-corrected chi connectivity index (χ2v) is 5.40. The maximum absolute atomic E-state index is 9.96. The van der Waals surface area contributed by atoms with Crippen LogP contribution in [0.1, 0.15) is 47.5 Å². The van der Waals surface area contributed by atoms with Crippen molar-refractivity contribution >= 4 is 12.6 Å². The van der Waals surface area contributed by atoms with Gasteiger partial charge in [-0.2, -0.15) is 0 Å². The molecule has 0 rings (SSSR count). The Kier molecular flexibility index (Phi) is 5.48. The van der Waals surface area contributed by atoms with E-state index in [1.54, 1.807) is 0 Å². The van der Waals surface area contributed by atoms with Crippen LogP contribution in [0.25, 0.3) is 0 Å². The van der Waals surface area contributed by atoms with Crippen LogP contribution in [0.2, 0.25) is 0 Å². The van der Waals surface area contributed by atoms with Gasteiger partial charge in [0.15, 0.2) is 0 Å². The molecule has 2 nitrogen and oxygen atoms in total. The van der Waals surface area contributed by atoms with Gasteiger partial charge in [-0.05, 0) is 26.7 Å². The Balaban J connectivity index is 4.02. The molecule has 3 atom stereocenters. The third kappa shape index (κ3) is 4.67. The Hall–Kier alpha value is 0.270. The summed E-state index contributed by atoms with van der Waals surface area (Å²) in [4.78, 5) is -0.377. The predicted molar refractivity (Wildman–Crippen MR) is 63.7 cm³/mol. The summed E-state index contributed by atoms with van der Waals surface area (Å²) < 4.78 is 5.63. The molecule has 86 valence electrons. The van der Waals surface area contributed by atoms with Gasteiger partial charge in [-0.1, -0.05) is 20.8 Å². The molecule has 0 amide bonds.